The van der Waals surface area contributed by atoms with Gasteiger partial charge < -0.3 is 10.2 Å². The molecule has 4 heteroatoms. The molecule has 3 nitrogen and oxygen atoms in total. The second-order valence-electron chi connectivity index (χ2n) is 1.90. The summed E-state index contributed by atoms with van der Waals surface area (Å²) in [5.74, 6) is -0.126. The smallest absolute Gasteiger partial charge is 0.252 e. The third kappa shape index (κ3) is 1.51. The van der Waals surface area contributed by atoms with Gasteiger partial charge in [0.15, 0.2) is 4.67 Å². The minimum Gasteiger partial charge on any atom is -0.449 e. The van der Waals surface area contributed by atoms with Gasteiger partial charge in [-0.15, -0.1) is 0 Å². The molecule has 58 valence electrons. The molecule has 0 atom stereocenters. The van der Waals surface area contributed by atoms with E-state index in [0.717, 1.165) is 0 Å². The van der Waals surface area contributed by atoms with Gasteiger partial charge in [-0.05, 0) is 22.0 Å². The molecule has 0 radical (unpaired) electrons. The van der Waals surface area contributed by atoms with E-state index in [0.29, 0.717) is 16.0 Å². The zero-order valence-electron chi connectivity index (χ0n) is 5.63. The Morgan fingerprint density at radius 2 is 2.45 bits per heavy atom. The van der Waals surface area contributed by atoms with Crippen molar-refractivity contribution in [2.24, 2.45) is 5.73 Å². The molecule has 0 saturated carbocycles. The zero-order chi connectivity index (χ0) is 8.43. The SMILES string of the molecule is C=Cc1oc(Br)cc1C(N)=O. The lowest BCUT2D eigenvalue weighted by atomic mass is 10.2. The first kappa shape index (κ1) is 8.07. The molecular formula is C7H6BrNO2. The number of furan rings is 1. The Bertz CT molecular complexity index is 303. The first-order chi connectivity index (χ1) is 5.15. The van der Waals surface area contributed by atoms with Crippen molar-refractivity contribution < 1.29 is 9.21 Å². The molecule has 0 aromatic carbocycles. The average Bonchev–Trinajstić information content (AvgIpc) is 2.30. The van der Waals surface area contributed by atoms with Crippen LogP contribution in [0, 0.1) is 0 Å². The highest BCUT2D eigenvalue weighted by Crippen LogP contribution is 2.20. The molecule has 1 rings (SSSR count). The summed E-state index contributed by atoms with van der Waals surface area (Å²) >= 11 is 3.07. The summed E-state index contributed by atoms with van der Waals surface area (Å²) in [6.45, 7) is 3.46. The van der Waals surface area contributed by atoms with Crippen LogP contribution >= 0.6 is 15.9 Å². The van der Waals surface area contributed by atoms with Gasteiger partial charge >= 0.3 is 0 Å². The summed E-state index contributed by atoms with van der Waals surface area (Å²) in [5, 5.41) is 0. The summed E-state index contributed by atoms with van der Waals surface area (Å²) in [5.41, 5.74) is 5.38. The average molecular weight is 216 g/mol. The zero-order valence-corrected chi connectivity index (χ0v) is 7.22. The highest BCUT2D eigenvalue weighted by Gasteiger charge is 2.10. The second-order valence-corrected chi connectivity index (χ2v) is 2.68. The Morgan fingerprint density at radius 1 is 1.82 bits per heavy atom. The molecule has 0 spiro atoms. The van der Waals surface area contributed by atoms with Crippen LogP contribution in [0.2, 0.25) is 0 Å². The van der Waals surface area contributed by atoms with Crippen LogP contribution in [0.5, 0.6) is 0 Å². The lowest BCUT2D eigenvalue weighted by Gasteiger charge is -1.87. The van der Waals surface area contributed by atoms with Crippen LogP contribution in [-0.2, 0) is 0 Å². The molecule has 0 unspecified atom stereocenters. The van der Waals surface area contributed by atoms with Gasteiger partial charge in [-0.1, -0.05) is 6.58 Å². The van der Waals surface area contributed by atoms with Crippen molar-refractivity contribution in [2.45, 2.75) is 0 Å². The standard InChI is InChI=1S/C7H6BrNO2/c1-2-5-4(7(9)10)3-6(8)11-5/h2-3H,1H2,(H2,9,10). The molecule has 1 aromatic rings. The van der Waals surface area contributed by atoms with Gasteiger partial charge in [-0.3, -0.25) is 4.79 Å². The van der Waals surface area contributed by atoms with Crippen LogP contribution in [0.3, 0.4) is 0 Å². The summed E-state index contributed by atoms with van der Waals surface area (Å²) < 4.78 is 5.50. The van der Waals surface area contributed by atoms with Gasteiger partial charge in [-0.25, -0.2) is 0 Å². The summed E-state index contributed by atoms with van der Waals surface area (Å²) in [4.78, 5) is 10.7. The molecule has 1 heterocycles. The van der Waals surface area contributed by atoms with Crippen molar-refractivity contribution in [3.05, 3.63) is 28.6 Å². The molecule has 2 N–H and O–H groups in total. The molecule has 0 bridgehead atoms. The fourth-order valence-electron chi connectivity index (χ4n) is 0.718. The van der Waals surface area contributed by atoms with Crippen LogP contribution in [0.25, 0.3) is 6.08 Å². The minimum atomic E-state index is -0.519. The second kappa shape index (κ2) is 2.92. The molecular weight excluding hydrogens is 210 g/mol. The first-order valence-corrected chi connectivity index (χ1v) is 3.66. The lowest BCUT2D eigenvalue weighted by Crippen LogP contribution is -2.10. The van der Waals surface area contributed by atoms with E-state index in [4.69, 9.17) is 10.2 Å². The van der Waals surface area contributed by atoms with Crippen molar-refractivity contribution in [3.8, 4) is 0 Å². The van der Waals surface area contributed by atoms with E-state index >= 15 is 0 Å². The number of primary amides is 1. The van der Waals surface area contributed by atoms with Crippen molar-refractivity contribution >= 4 is 27.9 Å². The largest absolute Gasteiger partial charge is 0.449 e. The number of amides is 1. The fourth-order valence-corrected chi connectivity index (χ4v) is 1.12. The molecule has 1 amide bonds. The molecule has 0 aliphatic heterocycles. The summed E-state index contributed by atoms with van der Waals surface area (Å²) in [6.07, 6.45) is 1.44. The lowest BCUT2D eigenvalue weighted by molar-refractivity contribution is 0.0999. The van der Waals surface area contributed by atoms with E-state index in [9.17, 15) is 4.79 Å². The van der Waals surface area contributed by atoms with Crippen LogP contribution in [0.15, 0.2) is 21.7 Å². The van der Waals surface area contributed by atoms with Crippen LogP contribution in [0.4, 0.5) is 0 Å². The molecule has 0 fully saturated rings. The van der Waals surface area contributed by atoms with Crippen molar-refractivity contribution in [2.75, 3.05) is 0 Å². The Labute approximate surface area is 72.0 Å². The quantitative estimate of drug-likeness (QED) is 0.818. The maximum atomic E-state index is 10.7. The van der Waals surface area contributed by atoms with Gasteiger partial charge in [-0.2, -0.15) is 0 Å². The van der Waals surface area contributed by atoms with Gasteiger partial charge in [0.05, 0.1) is 5.56 Å². The van der Waals surface area contributed by atoms with E-state index in [-0.39, 0.29) is 0 Å². The fraction of sp³-hybridized carbons (Fsp3) is 0. The minimum absolute atomic E-state index is 0.340. The number of carbonyl (C=O) groups excluding carboxylic acids is 1. The molecule has 11 heavy (non-hydrogen) atoms. The monoisotopic (exact) mass is 215 g/mol. The number of rotatable bonds is 2. The Morgan fingerprint density at radius 3 is 2.82 bits per heavy atom. The molecule has 0 saturated heterocycles. The van der Waals surface area contributed by atoms with Gasteiger partial charge in [0.1, 0.15) is 5.76 Å². The van der Waals surface area contributed by atoms with Crippen molar-refractivity contribution in [3.63, 3.8) is 0 Å². The normalized spacial score (nSPS) is 9.55. The van der Waals surface area contributed by atoms with Gasteiger partial charge in [0, 0.05) is 6.07 Å². The maximum absolute atomic E-state index is 10.7. The predicted octanol–water partition coefficient (Wildman–Crippen LogP) is 1.78. The van der Waals surface area contributed by atoms with Crippen molar-refractivity contribution in [1.29, 1.82) is 0 Å². The number of nitrogens with two attached hydrogens (primary N) is 1. The maximum Gasteiger partial charge on any atom is 0.252 e. The number of hydrogen-bond acceptors (Lipinski definition) is 2. The topological polar surface area (TPSA) is 56.2 Å². The third-order valence-electron chi connectivity index (χ3n) is 1.18. The Balaban J connectivity index is 3.22. The van der Waals surface area contributed by atoms with Crippen molar-refractivity contribution in [1.82, 2.24) is 0 Å². The highest BCUT2D eigenvalue weighted by atomic mass is 79.9. The number of hydrogen-bond donors (Lipinski definition) is 1. The first-order valence-electron chi connectivity index (χ1n) is 2.86. The predicted molar refractivity (Wildman–Crippen MR) is 45.0 cm³/mol. The Hall–Kier alpha value is -1.03. The third-order valence-corrected chi connectivity index (χ3v) is 1.57. The van der Waals surface area contributed by atoms with E-state index in [1.165, 1.54) is 12.1 Å². The van der Waals surface area contributed by atoms with Crippen LogP contribution < -0.4 is 5.73 Å². The van der Waals surface area contributed by atoms with E-state index in [2.05, 4.69) is 22.5 Å². The molecule has 0 aliphatic carbocycles. The molecule has 1 aromatic heterocycles. The number of carbonyl (C=O) groups is 1. The van der Waals surface area contributed by atoms with E-state index in [1.807, 2.05) is 0 Å². The summed E-state index contributed by atoms with van der Waals surface area (Å²) in [7, 11) is 0. The molecule has 0 aliphatic rings. The van der Waals surface area contributed by atoms with Crippen LogP contribution in [0.1, 0.15) is 16.1 Å². The number of halogens is 1. The van der Waals surface area contributed by atoms with E-state index in [1.54, 1.807) is 0 Å². The summed E-state index contributed by atoms with van der Waals surface area (Å²) in [6, 6.07) is 1.51. The van der Waals surface area contributed by atoms with E-state index < -0.39 is 5.91 Å². The van der Waals surface area contributed by atoms with Gasteiger partial charge in [0.25, 0.3) is 5.91 Å². The van der Waals surface area contributed by atoms with Crippen LogP contribution in [-0.4, -0.2) is 5.91 Å². The highest BCUT2D eigenvalue weighted by molar-refractivity contribution is 9.10. The van der Waals surface area contributed by atoms with Gasteiger partial charge in [0.2, 0.25) is 0 Å². The Kier molecular flexibility index (Phi) is 2.14.